The Morgan fingerprint density at radius 2 is 1.76 bits per heavy atom. The summed E-state index contributed by atoms with van der Waals surface area (Å²) >= 11 is 0. The topological polar surface area (TPSA) is 43.4 Å². The number of ketones is 1. The average Bonchev–Trinajstić information content (AvgIpc) is 2.25. The third kappa shape index (κ3) is 4.72. The molecule has 0 bridgehead atoms. The minimum atomic E-state index is -1.04. The van der Waals surface area contributed by atoms with Crippen LogP contribution < -0.4 is 0 Å². The minimum absolute atomic E-state index is 0.140. The zero-order chi connectivity index (χ0) is 12.9. The number of esters is 1. The SMILES string of the molecule is CC(=O)OC(C)(C)C(=O)/C=C/C1CCCCC1. The molecular formula is C14H22O3. The maximum Gasteiger partial charge on any atom is 0.303 e. The quantitative estimate of drug-likeness (QED) is 0.558. The lowest BCUT2D eigenvalue weighted by Crippen LogP contribution is -2.35. The second-order valence-electron chi connectivity index (χ2n) is 5.23. The van der Waals surface area contributed by atoms with Gasteiger partial charge in [0.25, 0.3) is 0 Å². The van der Waals surface area contributed by atoms with Gasteiger partial charge in [0.1, 0.15) is 0 Å². The standard InChI is InChI=1S/C14H22O3/c1-11(15)17-14(2,3)13(16)10-9-12-7-5-4-6-8-12/h9-10,12H,4-8H2,1-3H3/b10-9+. The summed E-state index contributed by atoms with van der Waals surface area (Å²) in [5.41, 5.74) is -1.04. The summed E-state index contributed by atoms with van der Waals surface area (Å²) in [5, 5.41) is 0. The Labute approximate surface area is 103 Å². The lowest BCUT2D eigenvalue weighted by atomic mass is 9.88. The Bertz CT molecular complexity index is 309. The van der Waals surface area contributed by atoms with Crippen molar-refractivity contribution in [2.75, 3.05) is 0 Å². The molecule has 0 aromatic rings. The number of carbonyl (C=O) groups excluding carboxylic acids is 2. The average molecular weight is 238 g/mol. The van der Waals surface area contributed by atoms with E-state index in [0.717, 1.165) is 12.8 Å². The van der Waals surface area contributed by atoms with Gasteiger partial charge in [-0.25, -0.2) is 0 Å². The van der Waals surface area contributed by atoms with Gasteiger partial charge in [0, 0.05) is 6.92 Å². The Kier molecular flexibility index (Phi) is 4.91. The largest absolute Gasteiger partial charge is 0.451 e. The summed E-state index contributed by atoms with van der Waals surface area (Å²) in [6.07, 6.45) is 9.69. The van der Waals surface area contributed by atoms with E-state index in [9.17, 15) is 9.59 Å². The molecule has 0 radical (unpaired) electrons. The van der Waals surface area contributed by atoms with Crippen LogP contribution in [0.25, 0.3) is 0 Å². The molecule has 1 saturated carbocycles. The van der Waals surface area contributed by atoms with E-state index in [2.05, 4.69) is 0 Å². The van der Waals surface area contributed by atoms with Crippen LogP contribution in [0.3, 0.4) is 0 Å². The molecule has 1 fully saturated rings. The predicted molar refractivity (Wildman–Crippen MR) is 66.6 cm³/mol. The third-order valence-electron chi connectivity index (χ3n) is 3.16. The Hall–Kier alpha value is -1.12. The van der Waals surface area contributed by atoms with Gasteiger partial charge in [0.05, 0.1) is 0 Å². The maximum atomic E-state index is 11.9. The second-order valence-corrected chi connectivity index (χ2v) is 5.23. The van der Waals surface area contributed by atoms with E-state index >= 15 is 0 Å². The number of rotatable bonds is 4. The Morgan fingerprint density at radius 1 is 1.18 bits per heavy atom. The Balaban J connectivity index is 2.51. The van der Waals surface area contributed by atoms with Gasteiger partial charge >= 0.3 is 5.97 Å². The molecule has 3 heteroatoms. The molecule has 1 aliphatic carbocycles. The summed E-state index contributed by atoms with van der Waals surface area (Å²) in [6.45, 7) is 4.57. The van der Waals surface area contributed by atoms with E-state index in [1.54, 1.807) is 19.9 Å². The minimum Gasteiger partial charge on any atom is -0.451 e. The van der Waals surface area contributed by atoms with E-state index < -0.39 is 11.6 Å². The summed E-state index contributed by atoms with van der Waals surface area (Å²) in [4.78, 5) is 22.8. The van der Waals surface area contributed by atoms with Crippen molar-refractivity contribution in [3.05, 3.63) is 12.2 Å². The summed E-state index contributed by atoms with van der Waals surface area (Å²) in [7, 11) is 0. The van der Waals surface area contributed by atoms with E-state index in [-0.39, 0.29) is 5.78 Å². The van der Waals surface area contributed by atoms with Gasteiger partial charge in [0.2, 0.25) is 0 Å². The van der Waals surface area contributed by atoms with Gasteiger partial charge in [-0.1, -0.05) is 25.3 Å². The highest BCUT2D eigenvalue weighted by Gasteiger charge is 2.28. The van der Waals surface area contributed by atoms with Gasteiger partial charge in [-0.05, 0) is 38.7 Å². The predicted octanol–water partition coefficient (Wildman–Crippen LogP) is 3.03. The first-order valence-electron chi connectivity index (χ1n) is 6.34. The van der Waals surface area contributed by atoms with Gasteiger partial charge in [-0.3, -0.25) is 9.59 Å². The van der Waals surface area contributed by atoms with Crippen molar-refractivity contribution in [2.45, 2.75) is 58.5 Å². The molecule has 0 aromatic heterocycles. The van der Waals surface area contributed by atoms with Crippen molar-refractivity contribution >= 4 is 11.8 Å². The molecule has 0 aromatic carbocycles. The molecular weight excluding hydrogens is 216 g/mol. The molecule has 0 heterocycles. The number of hydrogen-bond acceptors (Lipinski definition) is 3. The van der Waals surface area contributed by atoms with Crippen LogP contribution in [0.1, 0.15) is 52.9 Å². The van der Waals surface area contributed by atoms with Crippen LogP contribution >= 0.6 is 0 Å². The van der Waals surface area contributed by atoms with E-state index in [0.29, 0.717) is 5.92 Å². The fraction of sp³-hybridized carbons (Fsp3) is 0.714. The van der Waals surface area contributed by atoms with E-state index in [1.165, 1.54) is 26.2 Å². The second kappa shape index (κ2) is 5.99. The first-order valence-corrected chi connectivity index (χ1v) is 6.34. The molecule has 3 nitrogen and oxygen atoms in total. The molecule has 0 spiro atoms. The lowest BCUT2D eigenvalue weighted by molar-refractivity contribution is -0.159. The van der Waals surface area contributed by atoms with Crippen molar-refractivity contribution < 1.29 is 14.3 Å². The van der Waals surface area contributed by atoms with Crippen LogP contribution in [0.5, 0.6) is 0 Å². The highest BCUT2D eigenvalue weighted by atomic mass is 16.6. The molecule has 0 N–H and O–H groups in total. The Morgan fingerprint density at radius 3 is 2.29 bits per heavy atom. The maximum absolute atomic E-state index is 11.9. The zero-order valence-electron chi connectivity index (χ0n) is 11.0. The van der Waals surface area contributed by atoms with Crippen LogP contribution in [0, 0.1) is 5.92 Å². The van der Waals surface area contributed by atoms with Gasteiger partial charge in [-0.15, -0.1) is 0 Å². The van der Waals surface area contributed by atoms with Crippen molar-refractivity contribution in [1.82, 2.24) is 0 Å². The monoisotopic (exact) mass is 238 g/mol. The van der Waals surface area contributed by atoms with Crippen molar-refractivity contribution in [3.8, 4) is 0 Å². The van der Waals surface area contributed by atoms with Gasteiger partial charge in [0.15, 0.2) is 11.4 Å². The first kappa shape index (κ1) is 13.9. The summed E-state index contributed by atoms with van der Waals surface area (Å²) in [5.74, 6) is -0.0477. The first-order chi connectivity index (χ1) is 7.92. The highest BCUT2D eigenvalue weighted by Crippen LogP contribution is 2.25. The van der Waals surface area contributed by atoms with Gasteiger partial charge in [-0.2, -0.15) is 0 Å². The number of carbonyl (C=O) groups is 2. The smallest absolute Gasteiger partial charge is 0.303 e. The number of ether oxygens (including phenoxy) is 1. The van der Waals surface area contributed by atoms with Crippen LogP contribution in [0.2, 0.25) is 0 Å². The third-order valence-corrected chi connectivity index (χ3v) is 3.16. The van der Waals surface area contributed by atoms with Crippen LogP contribution in [0.15, 0.2) is 12.2 Å². The molecule has 1 rings (SSSR count). The van der Waals surface area contributed by atoms with E-state index in [4.69, 9.17) is 4.74 Å². The molecule has 0 unspecified atom stereocenters. The number of hydrogen-bond donors (Lipinski definition) is 0. The van der Waals surface area contributed by atoms with Gasteiger partial charge < -0.3 is 4.74 Å². The van der Waals surface area contributed by atoms with Crippen molar-refractivity contribution in [2.24, 2.45) is 5.92 Å². The molecule has 0 saturated heterocycles. The molecule has 1 aliphatic rings. The molecule has 17 heavy (non-hydrogen) atoms. The number of allylic oxidation sites excluding steroid dienone is 1. The van der Waals surface area contributed by atoms with E-state index in [1.807, 2.05) is 6.08 Å². The van der Waals surface area contributed by atoms with Crippen molar-refractivity contribution in [1.29, 1.82) is 0 Å². The zero-order valence-corrected chi connectivity index (χ0v) is 11.0. The van der Waals surface area contributed by atoms with Crippen LogP contribution in [-0.4, -0.2) is 17.4 Å². The molecule has 0 amide bonds. The molecule has 0 atom stereocenters. The highest BCUT2D eigenvalue weighted by molar-refractivity contribution is 5.97. The summed E-state index contributed by atoms with van der Waals surface area (Å²) in [6, 6.07) is 0. The fourth-order valence-electron chi connectivity index (χ4n) is 2.16. The lowest BCUT2D eigenvalue weighted by Gasteiger charge is -2.22. The van der Waals surface area contributed by atoms with Crippen LogP contribution in [0.4, 0.5) is 0 Å². The van der Waals surface area contributed by atoms with Crippen LogP contribution in [-0.2, 0) is 14.3 Å². The fourth-order valence-corrected chi connectivity index (χ4v) is 2.16. The van der Waals surface area contributed by atoms with Crippen molar-refractivity contribution in [3.63, 3.8) is 0 Å². The molecule has 96 valence electrons. The normalized spacial score (nSPS) is 18.3. The molecule has 0 aliphatic heterocycles. The summed E-state index contributed by atoms with van der Waals surface area (Å²) < 4.78 is 5.00.